The number of rotatable bonds is 2. The second-order valence-electron chi connectivity index (χ2n) is 7.16. The number of piperidine rings is 1. The highest BCUT2D eigenvalue weighted by Crippen LogP contribution is 2.31. The molecule has 3 rings (SSSR count). The molecule has 1 fully saturated rings. The summed E-state index contributed by atoms with van der Waals surface area (Å²) in [7, 11) is 0. The lowest BCUT2D eigenvalue weighted by Gasteiger charge is -2.31. The van der Waals surface area contributed by atoms with Crippen LogP contribution in [-0.2, 0) is 22.7 Å². The second-order valence-corrected chi connectivity index (χ2v) is 7.16. The Morgan fingerprint density at radius 2 is 1.91 bits per heavy atom. The lowest BCUT2D eigenvalue weighted by atomic mass is 10.0. The van der Waals surface area contributed by atoms with Crippen LogP contribution in [0.4, 0.5) is 5.69 Å². The van der Waals surface area contributed by atoms with Gasteiger partial charge in [-0.25, -0.2) is 0 Å². The van der Waals surface area contributed by atoms with Crippen LogP contribution in [0.25, 0.3) is 0 Å². The van der Waals surface area contributed by atoms with Gasteiger partial charge in [-0.15, -0.1) is 0 Å². The molecule has 0 aliphatic carbocycles. The zero-order valence-corrected chi connectivity index (χ0v) is 13.4. The van der Waals surface area contributed by atoms with Gasteiger partial charge in [-0.2, -0.15) is 0 Å². The van der Waals surface area contributed by atoms with E-state index in [0.29, 0.717) is 12.8 Å². The van der Waals surface area contributed by atoms with Crippen LogP contribution in [0.1, 0.15) is 44.7 Å². The predicted octanol–water partition coefficient (Wildman–Crippen LogP) is 2.02. The highest BCUT2D eigenvalue weighted by molar-refractivity contribution is 6.01. The Hall–Kier alpha value is -1.88. The molecular weight excluding hydrogens is 278 g/mol. The van der Waals surface area contributed by atoms with Gasteiger partial charge in [-0.05, 0) is 50.5 Å². The molecule has 2 aliphatic rings. The summed E-state index contributed by atoms with van der Waals surface area (Å²) in [5.74, 6) is -0.411. The molecule has 1 saturated heterocycles. The van der Waals surface area contributed by atoms with E-state index in [-0.39, 0.29) is 23.4 Å². The molecule has 2 heterocycles. The van der Waals surface area contributed by atoms with Crippen LogP contribution in [0.15, 0.2) is 18.2 Å². The molecule has 5 nitrogen and oxygen atoms in total. The minimum absolute atomic E-state index is 0.149. The van der Waals surface area contributed by atoms with Crippen molar-refractivity contribution in [2.75, 3.05) is 5.32 Å². The number of imide groups is 1. The Morgan fingerprint density at radius 3 is 2.59 bits per heavy atom. The number of hydrogen-bond acceptors (Lipinski definition) is 4. The average molecular weight is 301 g/mol. The van der Waals surface area contributed by atoms with Gasteiger partial charge in [0, 0.05) is 30.7 Å². The van der Waals surface area contributed by atoms with E-state index in [4.69, 9.17) is 0 Å². The highest BCUT2D eigenvalue weighted by atomic mass is 16.2. The van der Waals surface area contributed by atoms with Crippen molar-refractivity contribution in [2.45, 2.75) is 58.3 Å². The Bertz CT molecular complexity index is 619. The maximum absolute atomic E-state index is 11.8. The summed E-state index contributed by atoms with van der Waals surface area (Å²) in [4.78, 5) is 25.5. The molecule has 0 aromatic heterocycles. The van der Waals surface area contributed by atoms with Gasteiger partial charge in [0.1, 0.15) is 6.04 Å². The van der Waals surface area contributed by atoms with E-state index >= 15 is 0 Å². The van der Waals surface area contributed by atoms with Crippen molar-refractivity contribution >= 4 is 17.5 Å². The van der Waals surface area contributed by atoms with Gasteiger partial charge in [0.2, 0.25) is 11.8 Å². The normalized spacial score (nSPS) is 22.4. The molecule has 1 aromatic carbocycles. The van der Waals surface area contributed by atoms with Crippen LogP contribution in [0.2, 0.25) is 0 Å². The van der Waals surface area contributed by atoms with Gasteiger partial charge < -0.3 is 5.32 Å². The first-order valence-electron chi connectivity index (χ1n) is 7.80. The number of carbonyl (C=O) groups excluding carboxylic acids is 2. The summed E-state index contributed by atoms with van der Waals surface area (Å²) in [5.41, 5.74) is 3.76. The second kappa shape index (κ2) is 5.39. The van der Waals surface area contributed by atoms with Crippen molar-refractivity contribution < 1.29 is 9.59 Å². The molecule has 2 aliphatic heterocycles. The fourth-order valence-electron chi connectivity index (χ4n) is 2.99. The number of nitrogens with zero attached hydrogens (tertiary/aromatic N) is 1. The SMILES string of the molecule is CC(C)(C)N1Cc2ccc(NC3CCC(=O)NC3=O)cc2C1. The standard InChI is InChI=1S/C17H23N3O2/c1-17(2,3)20-9-11-4-5-13(8-12(11)10-20)18-14-6-7-15(21)19-16(14)22/h4-5,8,14,18H,6-7,9-10H2,1-3H3,(H,19,21,22). The molecule has 0 bridgehead atoms. The molecule has 0 radical (unpaired) electrons. The van der Waals surface area contributed by atoms with Gasteiger partial charge in [0.05, 0.1) is 0 Å². The molecule has 22 heavy (non-hydrogen) atoms. The minimum atomic E-state index is -0.323. The van der Waals surface area contributed by atoms with Crippen molar-refractivity contribution in [3.05, 3.63) is 29.3 Å². The van der Waals surface area contributed by atoms with E-state index in [1.807, 2.05) is 6.07 Å². The molecule has 1 aromatic rings. The van der Waals surface area contributed by atoms with Crippen LogP contribution >= 0.6 is 0 Å². The molecule has 1 atom stereocenters. The van der Waals surface area contributed by atoms with Crippen molar-refractivity contribution in [3.8, 4) is 0 Å². The molecule has 0 spiro atoms. The first-order chi connectivity index (χ1) is 10.3. The van der Waals surface area contributed by atoms with Gasteiger partial charge in [-0.3, -0.25) is 19.8 Å². The van der Waals surface area contributed by atoms with Gasteiger partial charge in [0.25, 0.3) is 0 Å². The summed E-state index contributed by atoms with van der Waals surface area (Å²) in [6.45, 7) is 8.57. The van der Waals surface area contributed by atoms with E-state index < -0.39 is 0 Å². The van der Waals surface area contributed by atoms with Gasteiger partial charge in [0.15, 0.2) is 0 Å². The minimum Gasteiger partial charge on any atom is -0.374 e. The Balaban J connectivity index is 1.71. The van der Waals surface area contributed by atoms with Crippen molar-refractivity contribution in [2.24, 2.45) is 0 Å². The summed E-state index contributed by atoms with van der Waals surface area (Å²) < 4.78 is 0. The third-order valence-corrected chi connectivity index (χ3v) is 4.46. The summed E-state index contributed by atoms with van der Waals surface area (Å²) >= 11 is 0. The lowest BCUT2D eigenvalue weighted by Crippen LogP contribution is -2.47. The summed E-state index contributed by atoms with van der Waals surface area (Å²) in [5, 5.41) is 5.63. The Kier molecular flexibility index (Phi) is 3.68. The highest BCUT2D eigenvalue weighted by Gasteiger charge is 2.29. The zero-order valence-electron chi connectivity index (χ0n) is 13.4. The molecule has 2 amide bonds. The first kappa shape index (κ1) is 15.0. The van der Waals surface area contributed by atoms with Crippen LogP contribution < -0.4 is 10.6 Å². The lowest BCUT2D eigenvalue weighted by molar-refractivity contribution is -0.133. The number of amides is 2. The molecular formula is C17H23N3O2. The number of fused-ring (bicyclic) bond motifs is 1. The van der Waals surface area contributed by atoms with Crippen LogP contribution in [0.5, 0.6) is 0 Å². The fourth-order valence-corrected chi connectivity index (χ4v) is 2.99. The molecule has 1 unspecified atom stereocenters. The number of benzene rings is 1. The number of nitrogens with one attached hydrogen (secondary N) is 2. The molecule has 0 saturated carbocycles. The number of carbonyl (C=O) groups is 2. The van der Waals surface area contributed by atoms with E-state index in [2.05, 4.69) is 48.4 Å². The number of hydrogen-bond donors (Lipinski definition) is 2. The predicted molar refractivity (Wildman–Crippen MR) is 85.2 cm³/mol. The van der Waals surface area contributed by atoms with E-state index in [1.165, 1.54) is 11.1 Å². The smallest absolute Gasteiger partial charge is 0.249 e. The van der Waals surface area contributed by atoms with Crippen LogP contribution in [0, 0.1) is 0 Å². The van der Waals surface area contributed by atoms with Crippen molar-refractivity contribution in [3.63, 3.8) is 0 Å². The summed E-state index contributed by atoms with van der Waals surface area (Å²) in [6, 6.07) is 5.96. The first-order valence-corrected chi connectivity index (χ1v) is 7.80. The maximum atomic E-state index is 11.8. The monoisotopic (exact) mass is 301 g/mol. The third kappa shape index (κ3) is 2.99. The largest absolute Gasteiger partial charge is 0.374 e. The van der Waals surface area contributed by atoms with E-state index in [0.717, 1.165) is 18.8 Å². The molecule has 2 N–H and O–H groups in total. The Labute approximate surface area is 131 Å². The van der Waals surface area contributed by atoms with Gasteiger partial charge in [-0.1, -0.05) is 6.07 Å². The third-order valence-electron chi connectivity index (χ3n) is 4.46. The molecule has 5 heteroatoms. The maximum Gasteiger partial charge on any atom is 0.249 e. The van der Waals surface area contributed by atoms with Crippen molar-refractivity contribution in [1.29, 1.82) is 0 Å². The van der Waals surface area contributed by atoms with E-state index in [1.54, 1.807) is 0 Å². The molecule has 118 valence electrons. The average Bonchev–Trinajstić information content (AvgIpc) is 2.85. The van der Waals surface area contributed by atoms with Crippen LogP contribution in [-0.4, -0.2) is 28.3 Å². The number of anilines is 1. The van der Waals surface area contributed by atoms with E-state index in [9.17, 15) is 9.59 Å². The van der Waals surface area contributed by atoms with Crippen LogP contribution in [0.3, 0.4) is 0 Å². The summed E-state index contributed by atoms with van der Waals surface area (Å²) in [6.07, 6.45) is 0.946. The zero-order chi connectivity index (χ0) is 15.9. The topological polar surface area (TPSA) is 61.4 Å². The quantitative estimate of drug-likeness (QED) is 0.821. The Morgan fingerprint density at radius 1 is 1.18 bits per heavy atom. The van der Waals surface area contributed by atoms with Crippen molar-refractivity contribution in [1.82, 2.24) is 10.2 Å². The van der Waals surface area contributed by atoms with Gasteiger partial charge >= 0.3 is 0 Å². The fraction of sp³-hybridized carbons (Fsp3) is 0.529.